The molecule has 0 saturated carbocycles. The smallest absolute Gasteiger partial charge is 0.164 e. The highest BCUT2D eigenvalue weighted by atomic mass is 16.3. The molecule has 61 heavy (non-hydrogen) atoms. The van der Waals surface area contributed by atoms with E-state index in [2.05, 4.69) is 185 Å². The fraction of sp³-hybridized carbons (Fsp3) is 0.105. The average Bonchev–Trinajstić information content (AvgIpc) is 3.87. The van der Waals surface area contributed by atoms with Crippen molar-refractivity contribution in [3.05, 3.63) is 186 Å². The summed E-state index contributed by atoms with van der Waals surface area (Å²) in [5.41, 5.74) is 14.4. The van der Waals surface area contributed by atoms with Crippen LogP contribution >= 0.6 is 0 Å². The Morgan fingerprint density at radius 2 is 0.967 bits per heavy atom. The topological polar surface area (TPSA) is 51.8 Å². The summed E-state index contributed by atoms with van der Waals surface area (Å²) in [5.74, 6) is 1.88. The van der Waals surface area contributed by atoms with Gasteiger partial charge in [-0.05, 0) is 108 Å². The summed E-state index contributed by atoms with van der Waals surface area (Å²) >= 11 is 0. The molecule has 0 unspecified atom stereocenters. The lowest BCUT2D eigenvalue weighted by Crippen LogP contribution is -2.15. The number of para-hydroxylation sites is 1. The molecule has 0 fully saturated rings. The molecule has 0 radical (unpaired) electrons. The molecule has 13 rings (SSSR count). The van der Waals surface area contributed by atoms with E-state index in [9.17, 15) is 0 Å². The first-order chi connectivity index (χ1) is 29.7. The van der Waals surface area contributed by atoms with Crippen LogP contribution < -0.4 is 0 Å². The number of hydrogen-bond donors (Lipinski definition) is 0. The number of furan rings is 1. The predicted octanol–water partition coefficient (Wildman–Crippen LogP) is 14.8. The monoisotopic (exact) mass is 781 g/mol. The summed E-state index contributed by atoms with van der Waals surface area (Å²) in [6.45, 7) is 9.31. The van der Waals surface area contributed by atoms with Crippen LogP contribution in [0.4, 0.5) is 0 Å². The van der Waals surface area contributed by atoms with Crippen molar-refractivity contribution < 1.29 is 4.42 Å². The first-order valence-corrected chi connectivity index (χ1v) is 21.2. The lowest BCUT2D eigenvalue weighted by molar-refractivity contribution is 0.653. The molecule has 2 aliphatic rings. The fourth-order valence-corrected chi connectivity index (χ4v) is 10.7. The molecule has 9 aromatic carbocycles. The highest BCUT2D eigenvalue weighted by molar-refractivity contribution is 6.18. The SMILES string of the molecule is CC1(C)c2ccccc2-c2cc3ccc4ccc(-c5nc(-c6ccc7ccccc7c6)nc(-c6cc7c(c8oc9ccccc9c68)-c6ccccc6C7(C)C)n5)cc4c3cc21. The molecule has 11 aromatic rings. The Morgan fingerprint density at radius 3 is 1.79 bits per heavy atom. The van der Waals surface area contributed by atoms with Crippen LogP contribution in [0.2, 0.25) is 0 Å². The van der Waals surface area contributed by atoms with E-state index in [4.69, 9.17) is 19.4 Å². The molecule has 0 atom stereocenters. The van der Waals surface area contributed by atoms with Gasteiger partial charge in [-0.25, -0.2) is 15.0 Å². The van der Waals surface area contributed by atoms with Gasteiger partial charge >= 0.3 is 0 Å². The number of benzene rings is 9. The first-order valence-electron chi connectivity index (χ1n) is 21.2. The Balaban J connectivity index is 1.08. The van der Waals surface area contributed by atoms with Gasteiger partial charge in [0, 0.05) is 43.9 Å². The maximum Gasteiger partial charge on any atom is 0.164 e. The van der Waals surface area contributed by atoms with E-state index >= 15 is 0 Å². The summed E-state index contributed by atoms with van der Waals surface area (Å²) in [6.07, 6.45) is 0. The standard InChI is InChI=1S/C57H39N3O/c1-56(2)45-18-10-7-15-38(45)43-28-35-24-22-33-23-26-37(29-41(33)42(35)30-47(43)56)54-58-53(36-25-21-32-13-5-6-14-34(32)27-36)59-55(60-54)44-31-48-51(39-16-8-11-19-46(39)57(48,3)4)52-50(44)40-17-9-12-20-49(40)61-52/h5-31H,1-4H3. The van der Waals surface area contributed by atoms with E-state index in [1.807, 2.05) is 6.07 Å². The van der Waals surface area contributed by atoms with Crippen LogP contribution in [0.3, 0.4) is 0 Å². The van der Waals surface area contributed by atoms with Gasteiger partial charge in [-0.15, -0.1) is 0 Å². The lowest BCUT2D eigenvalue weighted by Gasteiger charge is -2.22. The summed E-state index contributed by atoms with van der Waals surface area (Å²) in [6, 6.07) is 59.2. The van der Waals surface area contributed by atoms with E-state index in [1.165, 1.54) is 65.9 Å². The number of nitrogens with zero attached hydrogens (tertiary/aromatic N) is 3. The molecular weight excluding hydrogens is 743 g/mol. The molecule has 2 heterocycles. The molecule has 0 amide bonds. The van der Waals surface area contributed by atoms with Gasteiger partial charge in [0.2, 0.25) is 0 Å². The number of aromatic nitrogens is 3. The van der Waals surface area contributed by atoms with Crippen molar-refractivity contribution in [1.82, 2.24) is 15.0 Å². The van der Waals surface area contributed by atoms with Crippen LogP contribution in [0.1, 0.15) is 49.9 Å². The number of fused-ring (bicyclic) bond motifs is 14. The summed E-state index contributed by atoms with van der Waals surface area (Å²) in [7, 11) is 0. The van der Waals surface area contributed by atoms with E-state index in [0.29, 0.717) is 17.5 Å². The second-order valence-electron chi connectivity index (χ2n) is 18.0. The lowest BCUT2D eigenvalue weighted by atomic mass is 9.81. The van der Waals surface area contributed by atoms with Crippen molar-refractivity contribution in [1.29, 1.82) is 0 Å². The normalized spacial score (nSPS) is 14.5. The molecule has 2 aromatic heterocycles. The zero-order valence-electron chi connectivity index (χ0n) is 34.3. The summed E-state index contributed by atoms with van der Waals surface area (Å²) in [4.78, 5) is 16.2. The maximum atomic E-state index is 6.87. The minimum atomic E-state index is -0.264. The molecule has 0 bridgehead atoms. The first kappa shape index (κ1) is 34.4. The largest absolute Gasteiger partial charge is 0.455 e. The molecule has 0 saturated heterocycles. The molecule has 4 nitrogen and oxygen atoms in total. The van der Waals surface area contributed by atoms with Crippen LogP contribution in [-0.4, -0.2) is 15.0 Å². The van der Waals surface area contributed by atoms with Crippen molar-refractivity contribution in [3.63, 3.8) is 0 Å². The highest BCUT2D eigenvalue weighted by Gasteiger charge is 2.39. The van der Waals surface area contributed by atoms with Gasteiger partial charge < -0.3 is 4.42 Å². The molecule has 2 aliphatic carbocycles. The minimum absolute atomic E-state index is 0.105. The Morgan fingerprint density at radius 1 is 0.377 bits per heavy atom. The second kappa shape index (κ2) is 12.1. The average molecular weight is 782 g/mol. The van der Waals surface area contributed by atoms with Gasteiger partial charge in [0.1, 0.15) is 11.2 Å². The number of rotatable bonds is 3. The number of hydrogen-bond acceptors (Lipinski definition) is 4. The van der Waals surface area contributed by atoms with Gasteiger partial charge in [-0.3, -0.25) is 0 Å². The molecule has 0 spiro atoms. The van der Waals surface area contributed by atoms with E-state index < -0.39 is 0 Å². The maximum absolute atomic E-state index is 6.87. The summed E-state index contributed by atoms with van der Waals surface area (Å²) < 4.78 is 6.87. The zero-order valence-corrected chi connectivity index (χ0v) is 34.3. The molecule has 288 valence electrons. The molecular formula is C57H39N3O. The summed E-state index contributed by atoms with van der Waals surface area (Å²) in [5, 5.41) is 9.19. The van der Waals surface area contributed by atoms with E-state index in [-0.39, 0.29) is 10.8 Å². The third kappa shape index (κ3) is 4.79. The van der Waals surface area contributed by atoms with Crippen LogP contribution in [-0.2, 0) is 10.8 Å². The van der Waals surface area contributed by atoms with Crippen molar-refractivity contribution in [2.45, 2.75) is 38.5 Å². The van der Waals surface area contributed by atoms with Crippen molar-refractivity contribution in [3.8, 4) is 56.4 Å². The zero-order chi connectivity index (χ0) is 40.8. The fourth-order valence-electron chi connectivity index (χ4n) is 10.7. The van der Waals surface area contributed by atoms with Crippen LogP contribution in [0.5, 0.6) is 0 Å². The Bertz CT molecular complexity index is 3720. The van der Waals surface area contributed by atoms with Crippen LogP contribution in [0.15, 0.2) is 168 Å². The molecule has 0 aliphatic heterocycles. The second-order valence-corrected chi connectivity index (χ2v) is 18.0. The quantitative estimate of drug-likeness (QED) is 0.168. The van der Waals surface area contributed by atoms with Crippen molar-refractivity contribution in [2.24, 2.45) is 0 Å². The van der Waals surface area contributed by atoms with Crippen LogP contribution in [0.25, 0.3) is 111 Å². The van der Waals surface area contributed by atoms with Crippen molar-refractivity contribution in [2.75, 3.05) is 0 Å². The van der Waals surface area contributed by atoms with Gasteiger partial charge in [0.25, 0.3) is 0 Å². The Labute approximate surface area is 353 Å². The molecule has 4 heteroatoms. The third-order valence-electron chi connectivity index (χ3n) is 13.9. The van der Waals surface area contributed by atoms with Gasteiger partial charge in [0.15, 0.2) is 17.5 Å². The Kier molecular flexibility index (Phi) is 6.82. The van der Waals surface area contributed by atoms with E-state index in [0.717, 1.165) is 49.6 Å². The van der Waals surface area contributed by atoms with Gasteiger partial charge in [-0.1, -0.05) is 155 Å². The highest BCUT2D eigenvalue weighted by Crippen LogP contribution is 2.55. The van der Waals surface area contributed by atoms with Crippen molar-refractivity contribution >= 4 is 54.3 Å². The predicted molar refractivity (Wildman–Crippen MR) is 251 cm³/mol. The minimum Gasteiger partial charge on any atom is -0.455 e. The van der Waals surface area contributed by atoms with Crippen LogP contribution in [0, 0.1) is 0 Å². The Hall–Kier alpha value is -7.43. The van der Waals surface area contributed by atoms with Gasteiger partial charge in [0.05, 0.1) is 0 Å². The van der Waals surface area contributed by atoms with Gasteiger partial charge in [-0.2, -0.15) is 0 Å². The molecule has 0 N–H and O–H groups in total. The van der Waals surface area contributed by atoms with E-state index in [1.54, 1.807) is 0 Å². The third-order valence-corrected chi connectivity index (χ3v) is 13.9.